The quantitative estimate of drug-likeness (QED) is 0.566. The Morgan fingerprint density at radius 3 is 2.58 bits per heavy atom. The Labute approximate surface area is 81.8 Å². The molecule has 0 aliphatic heterocycles. The molecule has 0 rings (SSSR count). The number of unbranched alkanes of at least 4 members (excludes halogenated alkanes) is 3. The minimum Gasteiger partial charge on any atom is -0.478 e. The minimum atomic E-state index is -0.877. The summed E-state index contributed by atoms with van der Waals surface area (Å²) in [5.41, 5.74) is 0. The van der Waals surface area contributed by atoms with Crippen molar-refractivity contribution in [2.45, 2.75) is 39.0 Å². The number of carbonyl (C=O) groups is 1. The van der Waals surface area contributed by atoms with Gasteiger partial charge in [0, 0.05) is 10.6 Å². The first-order chi connectivity index (χ1) is 5.66. The molecule has 2 nitrogen and oxygen atoms in total. The Bertz CT molecular complexity index is 164. The van der Waals surface area contributed by atoms with Gasteiger partial charge in [-0.1, -0.05) is 42.1 Å². The van der Waals surface area contributed by atoms with Crippen LogP contribution in [0.25, 0.3) is 0 Å². The maximum absolute atomic E-state index is 10.2. The largest absolute Gasteiger partial charge is 0.478 e. The number of hydrogen-bond donors (Lipinski definition) is 1. The van der Waals surface area contributed by atoms with E-state index in [1.165, 1.54) is 25.3 Å². The molecule has 70 valence electrons. The predicted octanol–water partition coefficient (Wildman–Crippen LogP) is 3.32. The Balaban J connectivity index is 3.43. The summed E-state index contributed by atoms with van der Waals surface area (Å²) in [6, 6.07) is 0. The molecule has 0 aromatic carbocycles. The SMILES string of the molecule is CCCCCCC(Br)=CC(=O)O. The van der Waals surface area contributed by atoms with E-state index in [0.717, 1.165) is 17.3 Å². The van der Waals surface area contributed by atoms with Gasteiger partial charge in [0.25, 0.3) is 0 Å². The van der Waals surface area contributed by atoms with Crippen molar-refractivity contribution < 1.29 is 9.90 Å². The van der Waals surface area contributed by atoms with Crippen LogP contribution in [-0.2, 0) is 4.79 Å². The van der Waals surface area contributed by atoms with Crippen LogP contribution in [0.5, 0.6) is 0 Å². The summed E-state index contributed by atoms with van der Waals surface area (Å²) >= 11 is 3.21. The molecule has 0 heterocycles. The second-order valence-electron chi connectivity index (χ2n) is 2.74. The lowest BCUT2D eigenvalue weighted by Crippen LogP contribution is -1.88. The van der Waals surface area contributed by atoms with E-state index in [0.29, 0.717) is 0 Å². The molecule has 0 aromatic rings. The number of aliphatic carboxylic acids is 1. The van der Waals surface area contributed by atoms with Crippen LogP contribution in [0.15, 0.2) is 10.6 Å². The molecular formula is C9H15BrO2. The van der Waals surface area contributed by atoms with Crippen molar-refractivity contribution in [1.29, 1.82) is 0 Å². The van der Waals surface area contributed by atoms with E-state index in [-0.39, 0.29) is 0 Å². The Morgan fingerprint density at radius 2 is 2.08 bits per heavy atom. The molecule has 0 radical (unpaired) electrons. The highest BCUT2D eigenvalue weighted by Gasteiger charge is 1.95. The normalized spacial score (nSPS) is 11.7. The van der Waals surface area contributed by atoms with Crippen molar-refractivity contribution in [3.05, 3.63) is 10.6 Å². The highest BCUT2D eigenvalue weighted by molar-refractivity contribution is 9.11. The average Bonchev–Trinajstić information content (AvgIpc) is 1.97. The van der Waals surface area contributed by atoms with Crippen LogP contribution in [0.2, 0.25) is 0 Å². The number of rotatable bonds is 6. The molecular weight excluding hydrogens is 220 g/mol. The molecule has 0 unspecified atom stereocenters. The lowest BCUT2D eigenvalue weighted by Gasteiger charge is -1.97. The predicted molar refractivity (Wildman–Crippen MR) is 53.4 cm³/mol. The molecule has 0 bridgehead atoms. The highest BCUT2D eigenvalue weighted by Crippen LogP contribution is 2.15. The van der Waals surface area contributed by atoms with Gasteiger partial charge in [0.15, 0.2) is 0 Å². The fourth-order valence-electron chi connectivity index (χ4n) is 0.927. The Kier molecular flexibility index (Phi) is 7.16. The summed E-state index contributed by atoms with van der Waals surface area (Å²) in [5, 5.41) is 8.38. The van der Waals surface area contributed by atoms with Gasteiger partial charge in [-0.3, -0.25) is 0 Å². The van der Waals surface area contributed by atoms with E-state index < -0.39 is 5.97 Å². The summed E-state index contributed by atoms with van der Waals surface area (Å²) < 4.78 is 0.783. The summed E-state index contributed by atoms with van der Waals surface area (Å²) in [6.45, 7) is 2.15. The fraction of sp³-hybridized carbons (Fsp3) is 0.667. The molecule has 0 aliphatic rings. The van der Waals surface area contributed by atoms with Crippen LogP contribution in [0.4, 0.5) is 0 Å². The number of halogens is 1. The van der Waals surface area contributed by atoms with Gasteiger partial charge in [0.05, 0.1) is 0 Å². The van der Waals surface area contributed by atoms with E-state index >= 15 is 0 Å². The summed E-state index contributed by atoms with van der Waals surface area (Å²) in [6.07, 6.45) is 6.74. The van der Waals surface area contributed by atoms with Crippen LogP contribution in [0.3, 0.4) is 0 Å². The minimum absolute atomic E-state index is 0.783. The van der Waals surface area contributed by atoms with Gasteiger partial charge in [-0.15, -0.1) is 0 Å². The molecule has 3 heteroatoms. The molecule has 0 fully saturated rings. The number of hydrogen-bond acceptors (Lipinski definition) is 1. The first-order valence-corrected chi connectivity index (χ1v) is 5.05. The molecule has 0 saturated heterocycles. The molecule has 0 aliphatic carbocycles. The van der Waals surface area contributed by atoms with E-state index in [4.69, 9.17) is 5.11 Å². The molecule has 12 heavy (non-hydrogen) atoms. The number of allylic oxidation sites excluding steroid dienone is 1. The van der Waals surface area contributed by atoms with Crippen LogP contribution in [0, 0.1) is 0 Å². The van der Waals surface area contributed by atoms with Crippen LogP contribution >= 0.6 is 15.9 Å². The Hall–Kier alpha value is -0.310. The highest BCUT2D eigenvalue weighted by atomic mass is 79.9. The second-order valence-corrected chi connectivity index (χ2v) is 3.76. The topological polar surface area (TPSA) is 37.3 Å². The van der Waals surface area contributed by atoms with Gasteiger partial charge in [0.1, 0.15) is 0 Å². The molecule has 0 saturated carbocycles. The fourth-order valence-corrected chi connectivity index (χ4v) is 1.40. The van der Waals surface area contributed by atoms with Crippen LogP contribution in [-0.4, -0.2) is 11.1 Å². The lowest BCUT2D eigenvalue weighted by atomic mass is 10.1. The van der Waals surface area contributed by atoms with Gasteiger partial charge in [-0.25, -0.2) is 4.79 Å². The third kappa shape index (κ3) is 7.79. The van der Waals surface area contributed by atoms with Gasteiger partial charge in [-0.2, -0.15) is 0 Å². The summed E-state index contributed by atoms with van der Waals surface area (Å²) in [5.74, 6) is -0.877. The molecule has 0 atom stereocenters. The maximum atomic E-state index is 10.2. The standard InChI is InChI=1S/C9H15BrO2/c1-2-3-4-5-6-8(10)7-9(11)12/h7H,2-6H2,1H3,(H,11,12). The van der Waals surface area contributed by atoms with E-state index in [1.807, 2.05) is 0 Å². The van der Waals surface area contributed by atoms with Gasteiger partial charge < -0.3 is 5.11 Å². The lowest BCUT2D eigenvalue weighted by molar-refractivity contribution is -0.131. The van der Waals surface area contributed by atoms with Crippen molar-refractivity contribution in [3.63, 3.8) is 0 Å². The smallest absolute Gasteiger partial charge is 0.329 e. The summed E-state index contributed by atoms with van der Waals surface area (Å²) in [4.78, 5) is 10.2. The van der Waals surface area contributed by atoms with Crippen molar-refractivity contribution in [2.24, 2.45) is 0 Å². The van der Waals surface area contributed by atoms with E-state index in [1.54, 1.807) is 0 Å². The molecule has 0 amide bonds. The van der Waals surface area contributed by atoms with E-state index in [9.17, 15) is 4.79 Å². The molecule has 0 spiro atoms. The third-order valence-corrected chi connectivity index (χ3v) is 2.17. The molecule has 1 N–H and O–H groups in total. The van der Waals surface area contributed by atoms with Crippen molar-refractivity contribution in [2.75, 3.05) is 0 Å². The zero-order chi connectivity index (χ0) is 9.40. The van der Waals surface area contributed by atoms with Crippen molar-refractivity contribution >= 4 is 21.9 Å². The van der Waals surface area contributed by atoms with Gasteiger partial charge in [0.2, 0.25) is 0 Å². The van der Waals surface area contributed by atoms with Crippen molar-refractivity contribution in [1.82, 2.24) is 0 Å². The van der Waals surface area contributed by atoms with E-state index in [2.05, 4.69) is 22.9 Å². The van der Waals surface area contributed by atoms with Gasteiger partial charge >= 0.3 is 5.97 Å². The zero-order valence-electron chi connectivity index (χ0n) is 7.35. The van der Waals surface area contributed by atoms with Crippen LogP contribution < -0.4 is 0 Å². The maximum Gasteiger partial charge on any atom is 0.329 e. The summed E-state index contributed by atoms with van der Waals surface area (Å²) in [7, 11) is 0. The third-order valence-electron chi connectivity index (χ3n) is 1.55. The second kappa shape index (κ2) is 7.35. The number of carboxylic acids is 1. The zero-order valence-corrected chi connectivity index (χ0v) is 8.93. The monoisotopic (exact) mass is 234 g/mol. The number of carboxylic acid groups (broad SMARTS) is 1. The Morgan fingerprint density at radius 1 is 1.42 bits per heavy atom. The van der Waals surface area contributed by atoms with Gasteiger partial charge in [-0.05, 0) is 12.8 Å². The van der Waals surface area contributed by atoms with Crippen molar-refractivity contribution in [3.8, 4) is 0 Å². The van der Waals surface area contributed by atoms with Crippen LogP contribution in [0.1, 0.15) is 39.0 Å². The average molecular weight is 235 g/mol. The first kappa shape index (κ1) is 11.7. The molecule has 0 aromatic heterocycles. The first-order valence-electron chi connectivity index (χ1n) is 4.25.